The third-order valence-electron chi connectivity index (χ3n) is 3.54. The van der Waals surface area contributed by atoms with Crippen LogP contribution in [0.15, 0.2) is 46.0 Å². The summed E-state index contributed by atoms with van der Waals surface area (Å²) in [6.45, 7) is 0.0506. The van der Waals surface area contributed by atoms with Crippen LogP contribution in [0.3, 0.4) is 0 Å². The van der Waals surface area contributed by atoms with Crippen molar-refractivity contribution in [2.45, 2.75) is 23.2 Å². The Morgan fingerprint density at radius 1 is 1.19 bits per heavy atom. The van der Waals surface area contributed by atoms with Gasteiger partial charge < -0.3 is 9.90 Å². The molecule has 1 atom stereocenters. The van der Waals surface area contributed by atoms with Crippen LogP contribution in [-0.2, 0) is 27.8 Å². The predicted octanol–water partition coefficient (Wildman–Crippen LogP) is 0.614. The largest absolute Gasteiger partial charge is 0.548 e. The number of carboxylic acid groups (broad SMARTS) is 1. The van der Waals surface area contributed by atoms with E-state index in [-0.39, 0.29) is 17.2 Å². The summed E-state index contributed by atoms with van der Waals surface area (Å²) in [7, 11) is -3.82. The smallest absolute Gasteiger partial charge is 0.253 e. The molecule has 0 spiro atoms. The van der Waals surface area contributed by atoms with Gasteiger partial charge in [-0.05, 0) is 29.0 Å². The number of benzene rings is 1. The third-order valence-corrected chi connectivity index (χ3v) is 6.76. The molecule has 0 aliphatic carbocycles. The van der Waals surface area contributed by atoms with Crippen molar-refractivity contribution in [2.24, 2.45) is 0 Å². The highest BCUT2D eigenvalue weighted by atomic mass is 32.2. The summed E-state index contributed by atoms with van der Waals surface area (Å²) in [4.78, 5) is 11.4. The summed E-state index contributed by atoms with van der Waals surface area (Å²) in [5.74, 6) is -1.37. The lowest BCUT2D eigenvalue weighted by molar-refractivity contribution is -0.310. The highest BCUT2D eigenvalue weighted by Crippen LogP contribution is 2.30. The molecule has 1 aliphatic rings. The Kier molecular flexibility index (Phi) is 3.56. The monoisotopic (exact) mass is 322 g/mol. The third kappa shape index (κ3) is 2.48. The van der Waals surface area contributed by atoms with Gasteiger partial charge in [0.2, 0.25) is 0 Å². The van der Waals surface area contributed by atoms with Crippen molar-refractivity contribution >= 4 is 27.3 Å². The molecule has 1 aromatic carbocycles. The maximum Gasteiger partial charge on any atom is 0.253 e. The van der Waals surface area contributed by atoms with Crippen molar-refractivity contribution in [3.8, 4) is 0 Å². The molecule has 21 heavy (non-hydrogen) atoms. The second kappa shape index (κ2) is 5.25. The second-order valence-electron chi connectivity index (χ2n) is 4.79. The highest BCUT2D eigenvalue weighted by molar-refractivity contribution is 7.91. The summed E-state index contributed by atoms with van der Waals surface area (Å²) < 4.78 is 26.4. The first kappa shape index (κ1) is 14.2. The fourth-order valence-electron chi connectivity index (χ4n) is 2.48. The molecule has 0 bridgehead atoms. The standard InChI is InChI=1S/C14H13NO4S2/c16-14(17)12-8-10-4-1-2-5-11(10)9-15(12)21(18,19)13-6-3-7-20-13/h1-7,12H,8-9H2,(H,16,17)/p-1/t12-/m1/s1. The van der Waals surface area contributed by atoms with Gasteiger partial charge in [0.15, 0.2) is 0 Å². The van der Waals surface area contributed by atoms with E-state index in [1.54, 1.807) is 11.4 Å². The molecule has 110 valence electrons. The fourth-order valence-corrected chi connectivity index (χ4v) is 5.15. The molecule has 2 aromatic rings. The number of aliphatic carboxylic acids is 1. The van der Waals surface area contributed by atoms with Gasteiger partial charge in [0, 0.05) is 6.54 Å². The molecule has 0 radical (unpaired) electrons. The van der Waals surface area contributed by atoms with Gasteiger partial charge in [-0.1, -0.05) is 30.3 Å². The normalized spacial score (nSPS) is 19.1. The van der Waals surface area contributed by atoms with Crippen molar-refractivity contribution in [3.05, 3.63) is 52.9 Å². The van der Waals surface area contributed by atoms with Crippen LogP contribution in [0.25, 0.3) is 0 Å². The number of carboxylic acids is 1. The summed E-state index contributed by atoms with van der Waals surface area (Å²) >= 11 is 1.08. The number of nitrogens with zero attached hydrogens (tertiary/aromatic N) is 1. The van der Waals surface area contributed by atoms with E-state index in [2.05, 4.69) is 0 Å². The first-order chi connectivity index (χ1) is 10.00. The SMILES string of the molecule is O=C([O-])[C@H]1Cc2ccccc2CN1S(=O)(=O)c1cccs1. The number of sulfonamides is 1. The predicted molar refractivity (Wildman–Crippen MR) is 76.0 cm³/mol. The second-order valence-corrected chi connectivity index (χ2v) is 7.86. The Morgan fingerprint density at radius 3 is 2.52 bits per heavy atom. The van der Waals surface area contributed by atoms with Crippen LogP contribution >= 0.6 is 11.3 Å². The van der Waals surface area contributed by atoms with E-state index in [9.17, 15) is 18.3 Å². The average Bonchev–Trinajstić information content (AvgIpc) is 3.00. The van der Waals surface area contributed by atoms with Crippen LogP contribution in [0.4, 0.5) is 0 Å². The van der Waals surface area contributed by atoms with Gasteiger partial charge in [0.1, 0.15) is 4.21 Å². The number of carbonyl (C=O) groups excluding carboxylic acids is 1. The van der Waals surface area contributed by atoms with Gasteiger partial charge in [-0.25, -0.2) is 8.42 Å². The Bertz CT molecular complexity index is 768. The van der Waals surface area contributed by atoms with Crippen LogP contribution in [-0.4, -0.2) is 24.7 Å². The number of hydrogen-bond donors (Lipinski definition) is 0. The maximum atomic E-state index is 12.6. The molecule has 0 N–H and O–H groups in total. The van der Waals surface area contributed by atoms with Gasteiger partial charge in [0.05, 0.1) is 12.0 Å². The number of hydrogen-bond acceptors (Lipinski definition) is 5. The zero-order chi connectivity index (χ0) is 15.0. The summed E-state index contributed by atoms with van der Waals surface area (Å²) in [6, 6.07) is 9.20. The van der Waals surface area contributed by atoms with E-state index in [0.717, 1.165) is 26.8 Å². The highest BCUT2D eigenvalue weighted by Gasteiger charge is 2.36. The molecule has 0 amide bonds. The molecule has 3 rings (SSSR count). The number of carbonyl (C=O) groups is 1. The van der Waals surface area contributed by atoms with Gasteiger partial charge in [-0.2, -0.15) is 4.31 Å². The van der Waals surface area contributed by atoms with Crippen LogP contribution in [0.5, 0.6) is 0 Å². The lowest BCUT2D eigenvalue weighted by Crippen LogP contribution is -2.53. The molecule has 0 fully saturated rings. The Labute approximate surface area is 126 Å². The van der Waals surface area contributed by atoms with E-state index in [1.807, 2.05) is 24.3 Å². The van der Waals surface area contributed by atoms with Crippen molar-refractivity contribution in [1.29, 1.82) is 0 Å². The quantitative estimate of drug-likeness (QED) is 0.830. The zero-order valence-corrected chi connectivity index (χ0v) is 12.6. The number of fused-ring (bicyclic) bond motifs is 1. The fraction of sp³-hybridized carbons (Fsp3) is 0.214. The molecule has 1 aliphatic heterocycles. The van der Waals surface area contributed by atoms with Crippen LogP contribution in [0.2, 0.25) is 0 Å². The number of thiophene rings is 1. The van der Waals surface area contributed by atoms with Gasteiger partial charge in [-0.3, -0.25) is 0 Å². The molecular weight excluding hydrogens is 310 g/mol. The zero-order valence-electron chi connectivity index (χ0n) is 10.9. The molecule has 2 heterocycles. The lowest BCUT2D eigenvalue weighted by atomic mass is 9.96. The Balaban J connectivity index is 2.06. The minimum atomic E-state index is -3.82. The first-order valence-corrected chi connectivity index (χ1v) is 8.65. The molecule has 0 saturated carbocycles. The summed E-state index contributed by atoms with van der Waals surface area (Å²) in [6.07, 6.45) is 0.128. The van der Waals surface area contributed by atoms with E-state index in [1.165, 1.54) is 6.07 Å². The molecule has 5 nitrogen and oxygen atoms in total. The van der Waals surface area contributed by atoms with E-state index in [0.29, 0.717) is 0 Å². The minimum absolute atomic E-state index is 0.0506. The molecular formula is C14H12NO4S2-. The Hall–Kier alpha value is -1.70. The molecule has 0 saturated heterocycles. The summed E-state index contributed by atoms with van der Waals surface area (Å²) in [5.41, 5.74) is 1.68. The first-order valence-electron chi connectivity index (χ1n) is 6.33. The van der Waals surface area contributed by atoms with Crippen LogP contribution in [0, 0.1) is 0 Å². The van der Waals surface area contributed by atoms with Gasteiger partial charge >= 0.3 is 0 Å². The van der Waals surface area contributed by atoms with Crippen molar-refractivity contribution < 1.29 is 18.3 Å². The van der Waals surface area contributed by atoms with Crippen LogP contribution in [0.1, 0.15) is 11.1 Å². The average molecular weight is 322 g/mol. The Morgan fingerprint density at radius 2 is 1.90 bits per heavy atom. The number of rotatable bonds is 3. The summed E-state index contributed by atoms with van der Waals surface area (Å²) in [5, 5.41) is 13.0. The van der Waals surface area contributed by atoms with E-state index in [4.69, 9.17) is 0 Å². The van der Waals surface area contributed by atoms with Crippen molar-refractivity contribution in [3.63, 3.8) is 0 Å². The lowest BCUT2D eigenvalue weighted by Gasteiger charge is -2.36. The maximum absolute atomic E-state index is 12.6. The van der Waals surface area contributed by atoms with E-state index >= 15 is 0 Å². The minimum Gasteiger partial charge on any atom is -0.548 e. The van der Waals surface area contributed by atoms with Crippen LogP contribution < -0.4 is 5.11 Å². The van der Waals surface area contributed by atoms with Crippen molar-refractivity contribution in [1.82, 2.24) is 4.31 Å². The molecule has 0 unspecified atom stereocenters. The van der Waals surface area contributed by atoms with Gasteiger partial charge in [0.25, 0.3) is 10.0 Å². The van der Waals surface area contributed by atoms with Gasteiger partial charge in [-0.15, -0.1) is 11.3 Å². The van der Waals surface area contributed by atoms with E-state index < -0.39 is 22.0 Å². The molecule has 7 heteroatoms. The van der Waals surface area contributed by atoms with Crippen molar-refractivity contribution in [2.75, 3.05) is 0 Å². The molecule has 1 aromatic heterocycles. The topological polar surface area (TPSA) is 77.5 Å².